The number of rotatable bonds is 4. The molecule has 1 fully saturated rings. The van der Waals surface area contributed by atoms with E-state index >= 15 is 0 Å². The van der Waals surface area contributed by atoms with Gasteiger partial charge in [-0.3, -0.25) is 4.98 Å². The minimum Gasteiger partial charge on any atom is -0.381 e. The topological polar surface area (TPSA) is 34.2 Å². The monoisotopic (exact) mass is 340 g/mol. The number of nitrogens with zero attached hydrogens (tertiary/aromatic N) is 1. The van der Waals surface area contributed by atoms with Crippen molar-refractivity contribution in [2.45, 2.75) is 45.6 Å². The number of aromatic nitrogens is 1. The van der Waals surface area contributed by atoms with Crippen molar-refractivity contribution in [2.75, 3.05) is 19.8 Å². The predicted octanol–water partition coefficient (Wildman–Crippen LogP) is 3.57. The van der Waals surface area contributed by atoms with Crippen molar-refractivity contribution in [3.8, 4) is 0 Å². The second-order valence-electron chi connectivity index (χ2n) is 6.90. The number of halogens is 1. The molecule has 1 aliphatic heterocycles. The van der Waals surface area contributed by atoms with Crippen LogP contribution in [-0.4, -0.2) is 30.3 Å². The Balaban J connectivity index is 2.10. The van der Waals surface area contributed by atoms with Crippen molar-refractivity contribution < 1.29 is 4.74 Å². The van der Waals surface area contributed by atoms with Gasteiger partial charge in [-0.1, -0.05) is 0 Å². The standard InChI is InChI=1S/C16H25BrN2O/c1-15(2,3)19-12-16(4-6-20-7-5-16)9-13-8-14(17)11-18-10-13/h8,10-11,19H,4-7,9,12H2,1-3H3. The summed E-state index contributed by atoms with van der Waals surface area (Å²) in [4.78, 5) is 4.29. The average molecular weight is 341 g/mol. The summed E-state index contributed by atoms with van der Waals surface area (Å²) in [7, 11) is 0. The Morgan fingerprint density at radius 2 is 2.00 bits per heavy atom. The molecule has 2 heterocycles. The van der Waals surface area contributed by atoms with Gasteiger partial charge in [-0.2, -0.15) is 0 Å². The molecule has 0 amide bonds. The van der Waals surface area contributed by atoms with Crippen molar-refractivity contribution in [1.82, 2.24) is 10.3 Å². The SMILES string of the molecule is CC(C)(C)NCC1(Cc2cncc(Br)c2)CCOCC1. The summed E-state index contributed by atoms with van der Waals surface area (Å²) < 4.78 is 6.62. The Labute approximate surface area is 130 Å². The maximum absolute atomic E-state index is 5.57. The number of nitrogens with one attached hydrogen (secondary N) is 1. The molecular formula is C16H25BrN2O. The van der Waals surface area contributed by atoms with E-state index in [0.29, 0.717) is 0 Å². The first kappa shape index (κ1) is 15.9. The van der Waals surface area contributed by atoms with Crippen molar-refractivity contribution in [3.63, 3.8) is 0 Å². The zero-order valence-electron chi connectivity index (χ0n) is 12.7. The summed E-state index contributed by atoms with van der Waals surface area (Å²) in [5.74, 6) is 0. The molecule has 0 aromatic carbocycles. The van der Waals surface area contributed by atoms with Crippen LogP contribution in [0.3, 0.4) is 0 Å². The third-order valence-corrected chi connectivity index (χ3v) is 4.32. The number of hydrogen-bond donors (Lipinski definition) is 1. The molecule has 0 bridgehead atoms. The average Bonchev–Trinajstić information content (AvgIpc) is 2.37. The van der Waals surface area contributed by atoms with E-state index in [9.17, 15) is 0 Å². The van der Waals surface area contributed by atoms with Crippen LogP contribution in [0.25, 0.3) is 0 Å². The van der Waals surface area contributed by atoms with Gasteiger partial charge in [0, 0.05) is 42.2 Å². The molecule has 1 N–H and O–H groups in total. The lowest BCUT2D eigenvalue weighted by atomic mass is 9.75. The largest absolute Gasteiger partial charge is 0.381 e. The van der Waals surface area contributed by atoms with E-state index in [1.807, 2.05) is 12.4 Å². The third kappa shape index (κ3) is 4.83. The van der Waals surface area contributed by atoms with E-state index in [1.165, 1.54) is 5.56 Å². The summed E-state index contributed by atoms with van der Waals surface area (Å²) in [6, 6.07) is 2.18. The van der Waals surface area contributed by atoms with E-state index in [2.05, 4.69) is 53.1 Å². The van der Waals surface area contributed by atoms with Gasteiger partial charge in [0.05, 0.1) is 0 Å². The van der Waals surface area contributed by atoms with Crippen molar-refractivity contribution in [2.24, 2.45) is 5.41 Å². The first-order chi connectivity index (χ1) is 9.39. The molecule has 0 saturated carbocycles. The molecule has 1 aromatic heterocycles. The van der Waals surface area contributed by atoms with Crippen molar-refractivity contribution in [3.05, 3.63) is 28.5 Å². The normalized spacial score (nSPS) is 19.0. The molecule has 2 rings (SSSR count). The van der Waals surface area contributed by atoms with Crippen LogP contribution in [0.4, 0.5) is 0 Å². The van der Waals surface area contributed by atoms with Gasteiger partial charge in [-0.25, -0.2) is 0 Å². The van der Waals surface area contributed by atoms with Crippen LogP contribution in [0, 0.1) is 5.41 Å². The van der Waals surface area contributed by atoms with E-state index in [4.69, 9.17) is 4.74 Å². The second-order valence-corrected chi connectivity index (χ2v) is 7.82. The fourth-order valence-electron chi connectivity index (χ4n) is 2.66. The van der Waals surface area contributed by atoms with Crippen LogP contribution in [0.2, 0.25) is 0 Å². The van der Waals surface area contributed by atoms with E-state index in [-0.39, 0.29) is 11.0 Å². The molecular weight excluding hydrogens is 316 g/mol. The molecule has 0 radical (unpaired) electrons. The summed E-state index contributed by atoms with van der Waals surface area (Å²) in [6.07, 6.45) is 7.11. The lowest BCUT2D eigenvalue weighted by molar-refractivity contribution is 0.0121. The van der Waals surface area contributed by atoms with Crippen LogP contribution in [0.5, 0.6) is 0 Å². The molecule has 3 nitrogen and oxygen atoms in total. The Morgan fingerprint density at radius 3 is 2.60 bits per heavy atom. The smallest absolute Gasteiger partial charge is 0.0471 e. The molecule has 112 valence electrons. The number of ether oxygens (including phenoxy) is 1. The maximum Gasteiger partial charge on any atom is 0.0471 e. The van der Waals surface area contributed by atoms with E-state index in [0.717, 1.165) is 43.5 Å². The molecule has 0 spiro atoms. The number of pyridine rings is 1. The van der Waals surface area contributed by atoms with Gasteiger partial charge < -0.3 is 10.1 Å². The molecule has 1 saturated heterocycles. The van der Waals surface area contributed by atoms with Crippen LogP contribution >= 0.6 is 15.9 Å². The molecule has 1 aromatic rings. The van der Waals surface area contributed by atoms with Crippen LogP contribution in [-0.2, 0) is 11.2 Å². The van der Waals surface area contributed by atoms with Gasteiger partial charge in [0.1, 0.15) is 0 Å². The fraction of sp³-hybridized carbons (Fsp3) is 0.688. The summed E-state index contributed by atoms with van der Waals surface area (Å²) in [5.41, 5.74) is 1.74. The van der Waals surface area contributed by atoms with Gasteiger partial charge in [0.2, 0.25) is 0 Å². The predicted molar refractivity (Wildman–Crippen MR) is 85.9 cm³/mol. The van der Waals surface area contributed by atoms with Crippen molar-refractivity contribution >= 4 is 15.9 Å². The lowest BCUT2D eigenvalue weighted by Crippen LogP contribution is -2.47. The molecule has 0 unspecified atom stereocenters. The summed E-state index contributed by atoms with van der Waals surface area (Å²) >= 11 is 3.51. The number of hydrogen-bond acceptors (Lipinski definition) is 3. The highest BCUT2D eigenvalue weighted by Crippen LogP contribution is 2.34. The molecule has 0 aliphatic carbocycles. The molecule has 4 heteroatoms. The Bertz CT molecular complexity index is 436. The zero-order chi connectivity index (χ0) is 14.6. The zero-order valence-corrected chi connectivity index (χ0v) is 14.3. The maximum atomic E-state index is 5.57. The third-order valence-electron chi connectivity index (χ3n) is 3.89. The molecule has 0 atom stereocenters. The molecule has 20 heavy (non-hydrogen) atoms. The van der Waals surface area contributed by atoms with Gasteiger partial charge >= 0.3 is 0 Å². The van der Waals surface area contributed by atoms with Gasteiger partial charge in [-0.15, -0.1) is 0 Å². The van der Waals surface area contributed by atoms with Gasteiger partial charge in [-0.05, 0) is 73.0 Å². The minimum atomic E-state index is 0.154. The second kappa shape index (κ2) is 6.54. The van der Waals surface area contributed by atoms with Gasteiger partial charge in [0.15, 0.2) is 0 Å². The minimum absolute atomic E-state index is 0.154. The highest BCUT2D eigenvalue weighted by molar-refractivity contribution is 9.10. The summed E-state index contributed by atoms with van der Waals surface area (Å²) in [5, 5.41) is 3.68. The van der Waals surface area contributed by atoms with Crippen molar-refractivity contribution in [1.29, 1.82) is 0 Å². The Kier molecular flexibility index (Phi) is 5.21. The van der Waals surface area contributed by atoms with E-state index in [1.54, 1.807) is 0 Å². The Hall–Kier alpha value is -0.450. The highest BCUT2D eigenvalue weighted by atomic mass is 79.9. The van der Waals surface area contributed by atoms with Crippen LogP contribution in [0.15, 0.2) is 22.9 Å². The van der Waals surface area contributed by atoms with Gasteiger partial charge in [0.25, 0.3) is 0 Å². The first-order valence-corrected chi connectivity index (χ1v) is 8.10. The van der Waals surface area contributed by atoms with Crippen LogP contribution < -0.4 is 5.32 Å². The van der Waals surface area contributed by atoms with Crippen LogP contribution in [0.1, 0.15) is 39.2 Å². The quantitative estimate of drug-likeness (QED) is 0.909. The summed E-state index contributed by atoms with van der Waals surface area (Å²) in [6.45, 7) is 9.44. The first-order valence-electron chi connectivity index (χ1n) is 7.31. The molecule has 1 aliphatic rings. The highest BCUT2D eigenvalue weighted by Gasteiger charge is 2.33. The fourth-order valence-corrected chi connectivity index (χ4v) is 3.07. The Morgan fingerprint density at radius 1 is 1.30 bits per heavy atom. The lowest BCUT2D eigenvalue weighted by Gasteiger charge is -2.39. The van der Waals surface area contributed by atoms with E-state index < -0.39 is 0 Å².